The van der Waals surface area contributed by atoms with Crippen molar-refractivity contribution >= 4 is 17.5 Å². The van der Waals surface area contributed by atoms with Crippen LogP contribution in [0, 0.1) is 18.7 Å². The van der Waals surface area contributed by atoms with E-state index in [0.717, 1.165) is 0 Å². The first-order valence-corrected chi connectivity index (χ1v) is 6.93. The van der Waals surface area contributed by atoms with Gasteiger partial charge in [-0.25, -0.2) is 4.39 Å². The summed E-state index contributed by atoms with van der Waals surface area (Å²) in [6.45, 7) is 4.10. The number of carbonyl (C=O) groups is 2. The van der Waals surface area contributed by atoms with E-state index in [2.05, 4.69) is 5.32 Å². The number of aryl methyl sites for hydroxylation is 1. The van der Waals surface area contributed by atoms with Crippen molar-refractivity contribution in [2.45, 2.75) is 26.4 Å². The Morgan fingerprint density at radius 2 is 2.14 bits per heavy atom. The Labute approximate surface area is 122 Å². The average molecular weight is 294 g/mol. The van der Waals surface area contributed by atoms with Crippen molar-refractivity contribution in [2.75, 3.05) is 18.4 Å². The number of hydrogen-bond acceptors (Lipinski definition) is 3. The minimum Gasteiger partial charge on any atom is -0.391 e. The van der Waals surface area contributed by atoms with Gasteiger partial charge in [0, 0.05) is 18.8 Å². The lowest BCUT2D eigenvalue weighted by Gasteiger charge is -2.33. The SMILES string of the molecule is Cc1cc(NC(=O)C(=O)N2CCC(C)C(O)C2)ccc1F. The summed E-state index contributed by atoms with van der Waals surface area (Å²) in [5.41, 5.74) is 0.764. The number of nitrogens with one attached hydrogen (secondary N) is 1. The molecule has 1 heterocycles. The van der Waals surface area contributed by atoms with E-state index in [0.29, 0.717) is 24.2 Å². The average Bonchev–Trinajstić information content (AvgIpc) is 2.45. The molecule has 114 valence electrons. The van der Waals surface area contributed by atoms with Crippen LogP contribution < -0.4 is 5.32 Å². The van der Waals surface area contributed by atoms with Gasteiger partial charge in [0.1, 0.15) is 5.82 Å². The molecule has 2 amide bonds. The molecule has 0 aromatic heterocycles. The Balaban J connectivity index is 1.99. The van der Waals surface area contributed by atoms with Crippen molar-refractivity contribution in [1.29, 1.82) is 0 Å². The maximum atomic E-state index is 13.1. The highest BCUT2D eigenvalue weighted by Gasteiger charge is 2.30. The van der Waals surface area contributed by atoms with Gasteiger partial charge in [0.25, 0.3) is 0 Å². The number of aliphatic hydroxyl groups is 1. The van der Waals surface area contributed by atoms with E-state index in [1.54, 1.807) is 6.92 Å². The summed E-state index contributed by atoms with van der Waals surface area (Å²) in [5.74, 6) is -1.70. The lowest BCUT2D eigenvalue weighted by molar-refractivity contribution is -0.146. The molecule has 1 fully saturated rings. The van der Waals surface area contributed by atoms with E-state index in [-0.39, 0.29) is 18.3 Å². The van der Waals surface area contributed by atoms with Crippen LogP contribution in [0.15, 0.2) is 18.2 Å². The topological polar surface area (TPSA) is 69.6 Å². The van der Waals surface area contributed by atoms with E-state index < -0.39 is 17.9 Å². The van der Waals surface area contributed by atoms with Gasteiger partial charge in [0.2, 0.25) is 0 Å². The number of anilines is 1. The fourth-order valence-electron chi connectivity index (χ4n) is 2.28. The van der Waals surface area contributed by atoms with Crippen LogP contribution in [0.25, 0.3) is 0 Å². The lowest BCUT2D eigenvalue weighted by atomic mass is 9.96. The molecule has 0 aliphatic carbocycles. The quantitative estimate of drug-likeness (QED) is 0.767. The minimum atomic E-state index is -0.775. The monoisotopic (exact) mass is 294 g/mol. The zero-order valence-corrected chi connectivity index (χ0v) is 12.1. The second kappa shape index (κ2) is 6.22. The van der Waals surface area contributed by atoms with Gasteiger partial charge in [-0.2, -0.15) is 0 Å². The number of hydrogen-bond donors (Lipinski definition) is 2. The maximum absolute atomic E-state index is 13.1. The molecule has 1 aliphatic rings. The number of nitrogens with zero attached hydrogens (tertiary/aromatic N) is 1. The fourth-order valence-corrected chi connectivity index (χ4v) is 2.28. The number of benzene rings is 1. The van der Waals surface area contributed by atoms with Crippen LogP contribution in [-0.4, -0.2) is 41.0 Å². The van der Waals surface area contributed by atoms with Crippen molar-refractivity contribution in [3.05, 3.63) is 29.6 Å². The number of rotatable bonds is 1. The summed E-state index contributed by atoms with van der Waals surface area (Å²) in [6.07, 6.45) is 0.0547. The molecule has 2 rings (SSSR count). The molecular formula is C15H19FN2O3. The number of β-amino-alcohol motifs (C(OH)–C–C–N with tert-alkyl or cyclic N) is 1. The standard InChI is InChI=1S/C15H19FN2O3/c1-9-5-6-18(8-13(9)19)15(21)14(20)17-11-3-4-12(16)10(2)7-11/h3-4,7,9,13,19H,5-6,8H2,1-2H3,(H,17,20). The predicted molar refractivity (Wildman–Crippen MR) is 76.1 cm³/mol. The molecule has 0 saturated carbocycles. The molecule has 21 heavy (non-hydrogen) atoms. The Morgan fingerprint density at radius 1 is 1.43 bits per heavy atom. The Bertz CT molecular complexity index is 562. The zero-order valence-electron chi connectivity index (χ0n) is 12.1. The minimum absolute atomic E-state index is 0.122. The smallest absolute Gasteiger partial charge is 0.313 e. The summed E-state index contributed by atoms with van der Waals surface area (Å²) >= 11 is 0. The molecule has 0 spiro atoms. The molecule has 2 unspecified atom stereocenters. The van der Waals surface area contributed by atoms with Gasteiger partial charge in [0.05, 0.1) is 6.10 Å². The molecule has 6 heteroatoms. The molecule has 2 N–H and O–H groups in total. The molecular weight excluding hydrogens is 275 g/mol. The highest BCUT2D eigenvalue weighted by molar-refractivity contribution is 6.39. The second-order valence-electron chi connectivity index (χ2n) is 5.50. The number of piperidine rings is 1. The number of aliphatic hydroxyl groups excluding tert-OH is 1. The zero-order chi connectivity index (χ0) is 15.6. The summed E-state index contributed by atoms with van der Waals surface area (Å²) in [4.78, 5) is 25.3. The van der Waals surface area contributed by atoms with E-state index in [1.807, 2.05) is 6.92 Å². The van der Waals surface area contributed by atoms with Gasteiger partial charge in [-0.05, 0) is 43.0 Å². The molecule has 0 radical (unpaired) electrons. The second-order valence-corrected chi connectivity index (χ2v) is 5.50. The summed E-state index contributed by atoms with van der Waals surface area (Å²) < 4.78 is 13.1. The van der Waals surface area contributed by atoms with Gasteiger partial charge < -0.3 is 15.3 Å². The van der Waals surface area contributed by atoms with Crippen LogP contribution in [0.4, 0.5) is 10.1 Å². The van der Waals surface area contributed by atoms with Crippen molar-refractivity contribution in [2.24, 2.45) is 5.92 Å². The summed E-state index contributed by atoms with van der Waals surface area (Å²) in [5, 5.41) is 12.2. The Morgan fingerprint density at radius 3 is 2.76 bits per heavy atom. The first-order valence-electron chi connectivity index (χ1n) is 6.93. The highest BCUT2D eigenvalue weighted by atomic mass is 19.1. The molecule has 5 nitrogen and oxygen atoms in total. The molecule has 1 saturated heterocycles. The highest BCUT2D eigenvalue weighted by Crippen LogP contribution is 2.18. The van der Waals surface area contributed by atoms with Crippen LogP contribution in [-0.2, 0) is 9.59 Å². The first-order chi connectivity index (χ1) is 9.88. The van der Waals surface area contributed by atoms with Crippen LogP contribution in [0.1, 0.15) is 18.9 Å². The Hall–Kier alpha value is -1.95. The van der Waals surface area contributed by atoms with Gasteiger partial charge in [-0.15, -0.1) is 0 Å². The molecule has 1 aliphatic heterocycles. The lowest BCUT2D eigenvalue weighted by Crippen LogP contribution is -2.49. The first kappa shape index (κ1) is 15.4. The number of halogens is 1. The van der Waals surface area contributed by atoms with Crippen LogP contribution in [0.3, 0.4) is 0 Å². The molecule has 2 atom stereocenters. The summed E-state index contributed by atoms with van der Waals surface area (Å²) in [6, 6.07) is 4.11. The largest absolute Gasteiger partial charge is 0.391 e. The number of likely N-dealkylation sites (tertiary alicyclic amines) is 1. The van der Waals surface area contributed by atoms with E-state index in [9.17, 15) is 19.1 Å². The van der Waals surface area contributed by atoms with Crippen molar-refractivity contribution < 1.29 is 19.1 Å². The van der Waals surface area contributed by atoms with Gasteiger partial charge >= 0.3 is 11.8 Å². The third-order valence-electron chi connectivity index (χ3n) is 3.82. The fraction of sp³-hybridized carbons (Fsp3) is 0.467. The van der Waals surface area contributed by atoms with E-state index in [4.69, 9.17) is 0 Å². The van der Waals surface area contributed by atoms with Crippen LogP contribution in [0.2, 0.25) is 0 Å². The summed E-state index contributed by atoms with van der Waals surface area (Å²) in [7, 11) is 0. The Kier molecular flexibility index (Phi) is 4.57. The predicted octanol–water partition coefficient (Wildman–Crippen LogP) is 1.30. The van der Waals surface area contributed by atoms with E-state index in [1.165, 1.54) is 23.1 Å². The maximum Gasteiger partial charge on any atom is 0.313 e. The van der Waals surface area contributed by atoms with Crippen molar-refractivity contribution in [3.8, 4) is 0 Å². The number of carbonyl (C=O) groups excluding carboxylic acids is 2. The third-order valence-corrected chi connectivity index (χ3v) is 3.82. The van der Waals surface area contributed by atoms with Crippen LogP contribution in [0.5, 0.6) is 0 Å². The molecule has 1 aromatic rings. The normalized spacial score (nSPS) is 22.0. The van der Waals surface area contributed by atoms with Crippen molar-refractivity contribution in [3.63, 3.8) is 0 Å². The number of amides is 2. The molecule has 0 bridgehead atoms. The van der Waals surface area contributed by atoms with Crippen molar-refractivity contribution in [1.82, 2.24) is 4.90 Å². The van der Waals surface area contributed by atoms with Gasteiger partial charge in [-0.1, -0.05) is 6.92 Å². The van der Waals surface area contributed by atoms with E-state index >= 15 is 0 Å². The van der Waals surface area contributed by atoms with Gasteiger partial charge in [0.15, 0.2) is 0 Å². The molecule has 1 aromatic carbocycles. The van der Waals surface area contributed by atoms with Gasteiger partial charge in [-0.3, -0.25) is 9.59 Å². The third kappa shape index (κ3) is 3.58. The van der Waals surface area contributed by atoms with Crippen LogP contribution >= 0.6 is 0 Å².